The molecule has 0 saturated carbocycles. The summed E-state index contributed by atoms with van der Waals surface area (Å²) in [6.45, 7) is 11.1. The second-order valence-electron chi connectivity index (χ2n) is 8.71. The van der Waals surface area contributed by atoms with E-state index >= 15 is 0 Å². The van der Waals surface area contributed by atoms with Crippen molar-refractivity contribution in [3.8, 4) is 11.5 Å². The van der Waals surface area contributed by atoms with E-state index in [4.69, 9.17) is 9.47 Å². The molecule has 0 heterocycles. The zero-order valence-electron chi connectivity index (χ0n) is 23.0. The molecule has 0 amide bonds. The predicted molar refractivity (Wildman–Crippen MR) is 165 cm³/mol. The number of hydrogen-bond donors (Lipinski definition) is 0. The molecule has 202 valence electrons. The minimum Gasteiger partial charge on any atom is -0.422 e. The van der Waals surface area contributed by atoms with Crippen molar-refractivity contribution in [2.75, 3.05) is 0 Å². The largest absolute Gasteiger partial charge is 0.422 e. The lowest BCUT2D eigenvalue weighted by Gasteiger charge is -2.10. The SMILES string of the molecule is C=CCC.C=CCC.O=C(Oc1cccc2ccccc12)c1cccc(C(=O)Oc2cccc3ccccc23)c1. The van der Waals surface area contributed by atoms with Crippen LogP contribution < -0.4 is 9.47 Å². The molecule has 5 rings (SSSR count). The lowest BCUT2D eigenvalue weighted by atomic mass is 10.1. The fourth-order valence-electron chi connectivity index (χ4n) is 3.66. The zero-order valence-corrected chi connectivity index (χ0v) is 23.0. The van der Waals surface area contributed by atoms with Crippen LogP contribution in [0.4, 0.5) is 0 Å². The van der Waals surface area contributed by atoms with Crippen molar-refractivity contribution in [3.63, 3.8) is 0 Å². The van der Waals surface area contributed by atoms with Crippen molar-refractivity contribution >= 4 is 33.5 Å². The van der Waals surface area contributed by atoms with Crippen LogP contribution in [0.5, 0.6) is 11.5 Å². The molecule has 0 unspecified atom stereocenters. The Morgan fingerprint density at radius 3 is 1.32 bits per heavy atom. The van der Waals surface area contributed by atoms with Crippen molar-refractivity contribution in [1.29, 1.82) is 0 Å². The summed E-state index contributed by atoms with van der Waals surface area (Å²) in [6, 6.07) is 32.8. The van der Waals surface area contributed by atoms with Crippen LogP contribution in [0.3, 0.4) is 0 Å². The molecule has 5 aromatic carbocycles. The predicted octanol–water partition coefficient (Wildman–Crippen LogP) is 9.60. The van der Waals surface area contributed by atoms with Crippen LogP contribution in [0.2, 0.25) is 0 Å². The fraction of sp³-hybridized carbons (Fsp3) is 0.111. The first-order valence-electron chi connectivity index (χ1n) is 13.2. The van der Waals surface area contributed by atoms with Crippen LogP contribution in [0.25, 0.3) is 21.5 Å². The van der Waals surface area contributed by atoms with Crippen LogP contribution in [0, 0.1) is 0 Å². The molecule has 0 aliphatic carbocycles. The average Bonchev–Trinajstić information content (AvgIpc) is 3.01. The summed E-state index contributed by atoms with van der Waals surface area (Å²) < 4.78 is 11.3. The van der Waals surface area contributed by atoms with Crippen LogP contribution >= 0.6 is 0 Å². The average molecular weight is 531 g/mol. The summed E-state index contributed by atoms with van der Waals surface area (Å²) in [5.41, 5.74) is 0.538. The molecule has 5 aromatic rings. The van der Waals surface area contributed by atoms with Gasteiger partial charge in [0, 0.05) is 10.8 Å². The van der Waals surface area contributed by atoms with E-state index in [9.17, 15) is 9.59 Å². The van der Waals surface area contributed by atoms with Gasteiger partial charge in [0.25, 0.3) is 0 Å². The van der Waals surface area contributed by atoms with Gasteiger partial charge in [-0.2, -0.15) is 0 Å². The smallest absolute Gasteiger partial charge is 0.343 e. The van der Waals surface area contributed by atoms with E-state index in [2.05, 4.69) is 27.0 Å². The molecule has 0 radical (unpaired) electrons. The lowest BCUT2D eigenvalue weighted by molar-refractivity contribution is 0.0737. The van der Waals surface area contributed by atoms with Gasteiger partial charge < -0.3 is 9.47 Å². The Morgan fingerprint density at radius 1 is 0.575 bits per heavy atom. The molecule has 0 aromatic heterocycles. The molecule has 0 bridgehead atoms. The van der Waals surface area contributed by atoms with Crippen LogP contribution in [-0.4, -0.2) is 11.9 Å². The number of fused-ring (bicyclic) bond motifs is 2. The number of ether oxygens (including phenoxy) is 2. The van der Waals surface area contributed by atoms with E-state index in [1.54, 1.807) is 30.3 Å². The number of allylic oxidation sites excluding steroid dienone is 2. The summed E-state index contributed by atoms with van der Waals surface area (Å²) >= 11 is 0. The molecule has 0 saturated heterocycles. The van der Waals surface area contributed by atoms with E-state index in [1.807, 2.05) is 84.9 Å². The standard InChI is InChI=1S/C28H18O4.2C4H8/c29-27(31-25-16-6-10-19-8-1-3-14-23(19)25)21-12-5-13-22(18-21)28(30)32-26-17-7-11-20-9-2-4-15-24(20)26;2*1-3-4-2/h1-18H;2*3H,1,4H2,2H3. The first-order valence-corrected chi connectivity index (χ1v) is 13.2. The highest BCUT2D eigenvalue weighted by Gasteiger charge is 2.16. The zero-order chi connectivity index (χ0) is 28.7. The maximum Gasteiger partial charge on any atom is 0.343 e. The van der Waals surface area contributed by atoms with Crippen molar-refractivity contribution in [2.45, 2.75) is 26.7 Å². The topological polar surface area (TPSA) is 52.6 Å². The van der Waals surface area contributed by atoms with E-state index < -0.39 is 11.9 Å². The fourth-order valence-corrected chi connectivity index (χ4v) is 3.66. The maximum atomic E-state index is 12.8. The van der Waals surface area contributed by atoms with Gasteiger partial charge in [0.05, 0.1) is 11.1 Å². The van der Waals surface area contributed by atoms with E-state index in [1.165, 1.54) is 6.07 Å². The molecule has 4 heteroatoms. The van der Waals surface area contributed by atoms with E-state index in [0.717, 1.165) is 34.4 Å². The minimum atomic E-state index is -0.541. The molecule has 0 aliphatic rings. The molecule has 0 fully saturated rings. The van der Waals surface area contributed by atoms with Gasteiger partial charge in [-0.05, 0) is 53.9 Å². The highest BCUT2D eigenvalue weighted by Crippen LogP contribution is 2.27. The summed E-state index contributed by atoms with van der Waals surface area (Å²) in [6.07, 6.45) is 5.92. The Hall–Kier alpha value is -4.96. The number of carbonyl (C=O) groups excluding carboxylic acids is 2. The molecular formula is C36H34O4. The lowest BCUT2D eigenvalue weighted by Crippen LogP contribution is -2.12. The molecule has 0 aliphatic heterocycles. The number of esters is 2. The maximum absolute atomic E-state index is 12.8. The van der Waals surface area contributed by atoms with Crippen molar-refractivity contribution in [2.24, 2.45) is 0 Å². The second-order valence-corrected chi connectivity index (χ2v) is 8.71. The van der Waals surface area contributed by atoms with Gasteiger partial charge in [-0.3, -0.25) is 0 Å². The number of hydrogen-bond acceptors (Lipinski definition) is 4. The van der Waals surface area contributed by atoms with Crippen molar-refractivity contribution in [3.05, 3.63) is 146 Å². The number of carbonyl (C=O) groups is 2. The highest BCUT2D eigenvalue weighted by atomic mass is 16.5. The number of rotatable bonds is 6. The summed E-state index contributed by atoms with van der Waals surface area (Å²) in [7, 11) is 0. The Balaban J connectivity index is 0.000000490. The summed E-state index contributed by atoms with van der Waals surface area (Å²) in [5.74, 6) is -0.143. The van der Waals surface area contributed by atoms with Gasteiger partial charge in [-0.15, -0.1) is 13.2 Å². The van der Waals surface area contributed by atoms with Crippen LogP contribution in [0.15, 0.2) is 135 Å². The Kier molecular flexibility index (Phi) is 11.4. The molecular weight excluding hydrogens is 496 g/mol. The van der Waals surface area contributed by atoms with Crippen molar-refractivity contribution in [1.82, 2.24) is 0 Å². The minimum absolute atomic E-state index is 0.269. The molecule has 0 spiro atoms. The van der Waals surface area contributed by atoms with Gasteiger partial charge in [-0.1, -0.05) is 105 Å². The quantitative estimate of drug-likeness (QED) is 0.125. The second kappa shape index (κ2) is 15.5. The van der Waals surface area contributed by atoms with Gasteiger partial charge in [-0.25, -0.2) is 9.59 Å². The van der Waals surface area contributed by atoms with E-state index in [-0.39, 0.29) is 11.1 Å². The first-order chi connectivity index (χ1) is 19.5. The monoisotopic (exact) mass is 530 g/mol. The van der Waals surface area contributed by atoms with E-state index in [0.29, 0.717) is 11.5 Å². The van der Waals surface area contributed by atoms with Crippen LogP contribution in [0.1, 0.15) is 47.4 Å². The van der Waals surface area contributed by atoms with Crippen molar-refractivity contribution < 1.29 is 19.1 Å². The Morgan fingerprint density at radius 2 is 0.925 bits per heavy atom. The summed E-state index contributed by atoms with van der Waals surface area (Å²) in [4.78, 5) is 25.6. The molecule has 0 atom stereocenters. The molecule has 40 heavy (non-hydrogen) atoms. The third-order valence-electron chi connectivity index (χ3n) is 5.82. The van der Waals surface area contributed by atoms with Gasteiger partial charge >= 0.3 is 11.9 Å². The summed E-state index contributed by atoms with van der Waals surface area (Å²) in [5, 5.41) is 3.64. The van der Waals surface area contributed by atoms with Gasteiger partial charge in [0.1, 0.15) is 11.5 Å². The normalized spacial score (nSPS) is 9.85. The molecule has 0 N–H and O–H groups in total. The Bertz CT molecular complexity index is 1470. The third kappa shape index (κ3) is 8.02. The van der Waals surface area contributed by atoms with Gasteiger partial charge in [0.15, 0.2) is 0 Å². The Labute approximate surface area is 236 Å². The van der Waals surface area contributed by atoms with Crippen LogP contribution in [-0.2, 0) is 0 Å². The highest BCUT2D eigenvalue weighted by molar-refractivity contribution is 5.99. The molecule has 4 nitrogen and oxygen atoms in total. The third-order valence-corrected chi connectivity index (χ3v) is 5.82. The first kappa shape index (κ1) is 29.6. The van der Waals surface area contributed by atoms with Gasteiger partial charge in [0.2, 0.25) is 0 Å². The number of benzene rings is 5.